The smallest absolute Gasteiger partial charge is 0.169 e. The van der Waals surface area contributed by atoms with Crippen LogP contribution >= 0.6 is 0 Å². The Labute approximate surface area is 121 Å². The first-order chi connectivity index (χ1) is 9.38. The Morgan fingerprint density at radius 2 is 1.90 bits per heavy atom. The van der Waals surface area contributed by atoms with Crippen LogP contribution in [-0.2, 0) is 0 Å². The van der Waals surface area contributed by atoms with Gasteiger partial charge in [-0.05, 0) is 25.8 Å². The van der Waals surface area contributed by atoms with Crippen LogP contribution in [0.5, 0.6) is 0 Å². The number of rotatable bonds is 6. The van der Waals surface area contributed by atoms with Crippen LogP contribution in [0.1, 0.15) is 37.0 Å². The first-order valence-electron chi connectivity index (χ1n) is 7.35. The summed E-state index contributed by atoms with van der Waals surface area (Å²) in [4.78, 5) is 14.8. The summed E-state index contributed by atoms with van der Waals surface area (Å²) in [5, 5.41) is 9.33. The lowest BCUT2D eigenvalue weighted by molar-refractivity contribution is 0.0233. The maximum atomic E-state index is 12.6. The SMILES string of the molecule is CN(CC1CC(O)C1)CC(C)(C)C(=O)c1ccccc1. The number of carbonyl (C=O) groups is 1. The number of Topliss-reactive ketones (excluding diaryl/α,β-unsaturated/α-hetero) is 1. The van der Waals surface area contributed by atoms with Crippen molar-refractivity contribution >= 4 is 5.78 Å². The molecule has 1 aromatic carbocycles. The Hall–Kier alpha value is -1.19. The monoisotopic (exact) mass is 275 g/mol. The molecule has 20 heavy (non-hydrogen) atoms. The van der Waals surface area contributed by atoms with Gasteiger partial charge in [0.2, 0.25) is 0 Å². The Balaban J connectivity index is 1.91. The van der Waals surface area contributed by atoms with E-state index in [0.717, 1.165) is 31.5 Å². The first-order valence-corrected chi connectivity index (χ1v) is 7.35. The van der Waals surface area contributed by atoms with Crippen LogP contribution < -0.4 is 0 Å². The van der Waals surface area contributed by atoms with Gasteiger partial charge in [0.05, 0.1) is 6.10 Å². The number of hydrogen-bond donors (Lipinski definition) is 1. The minimum Gasteiger partial charge on any atom is -0.393 e. The molecule has 2 rings (SSSR count). The lowest BCUT2D eigenvalue weighted by Crippen LogP contribution is -2.42. The standard InChI is InChI=1S/C17H25NO2/c1-17(2,16(20)14-7-5-4-6-8-14)12-18(3)11-13-9-15(19)10-13/h4-8,13,15,19H,9-12H2,1-3H3. The highest BCUT2D eigenvalue weighted by Crippen LogP contribution is 2.29. The summed E-state index contributed by atoms with van der Waals surface area (Å²) in [5.41, 5.74) is 0.392. The molecule has 0 radical (unpaired) electrons. The summed E-state index contributed by atoms with van der Waals surface area (Å²) >= 11 is 0. The molecule has 1 aliphatic rings. The molecule has 1 fully saturated rings. The molecule has 1 N–H and O–H groups in total. The summed E-state index contributed by atoms with van der Waals surface area (Å²) < 4.78 is 0. The molecule has 0 saturated heterocycles. The van der Waals surface area contributed by atoms with Gasteiger partial charge in [0.25, 0.3) is 0 Å². The van der Waals surface area contributed by atoms with E-state index < -0.39 is 5.41 Å². The van der Waals surface area contributed by atoms with Crippen molar-refractivity contribution in [3.05, 3.63) is 35.9 Å². The second kappa shape index (κ2) is 6.06. The van der Waals surface area contributed by atoms with E-state index in [1.165, 1.54) is 0 Å². The molecule has 0 unspecified atom stereocenters. The molecule has 0 aromatic heterocycles. The predicted octanol–water partition coefficient (Wildman–Crippen LogP) is 2.60. The average molecular weight is 275 g/mol. The molecule has 0 spiro atoms. The second-order valence-corrected chi connectivity index (χ2v) is 6.77. The molecular formula is C17H25NO2. The summed E-state index contributed by atoms with van der Waals surface area (Å²) in [6.45, 7) is 5.72. The largest absolute Gasteiger partial charge is 0.393 e. The number of aliphatic hydroxyl groups is 1. The zero-order chi connectivity index (χ0) is 14.8. The second-order valence-electron chi connectivity index (χ2n) is 6.77. The summed E-state index contributed by atoms with van der Waals surface area (Å²) in [6, 6.07) is 9.50. The molecule has 110 valence electrons. The van der Waals surface area contributed by atoms with E-state index in [1.54, 1.807) is 0 Å². The van der Waals surface area contributed by atoms with Crippen molar-refractivity contribution < 1.29 is 9.90 Å². The van der Waals surface area contributed by atoms with Gasteiger partial charge in [-0.1, -0.05) is 44.2 Å². The molecular weight excluding hydrogens is 250 g/mol. The Kier molecular flexibility index (Phi) is 4.61. The number of nitrogens with zero attached hydrogens (tertiary/aromatic N) is 1. The van der Waals surface area contributed by atoms with Gasteiger partial charge in [-0.15, -0.1) is 0 Å². The van der Waals surface area contributed by atoms with Crippen molar-refractivity contribution in [2.45, 2.75) is 32.8 Å². The number of ketones is 1. The molecule has 1 saturated carbocycles. The van der Waals surface area contributed by atoms with E-state index in [0.29, 0.717) is 5.92 Å². The predicted molar refractivity (Wildman–Crippen MR) is 80.8 cm³/mol. The molecule has 0 atom stereocenters. The molecule has 1 aromatic rings. The van der Waals surface area contributed by atoms with Crippen molar-refractivity contribution in [2.24, 2.45) is 11.3 Å². The highest BCUT2D eigenvalue weighted by molar-refractivity contribution is 6.00. The fraction of sp³-hybridized carbons (Fsp3) is 0.588. The van der Waals surface area contributed by atoms with E-state index in [9.17, 15) is 9.90 Å². The zero-order valence-electron chi connectivity index (χ0n) is 12.7. The third-order valence-corrected chi connectivity index (χ3v) is 4.10. The fourth-order valence-corrected chi connectivity index (χ4v) is 3.08. The summed E-state index contributed by atoms with van der Waals surface area (Å²) in [5.74, 6) is 0.774. The van der Waals surface area contributed by atoms with Gasteiger partial charge < -0.3 is 10.0 Å². The molecule has 0 bridgehead atoms. The zero-order valence-corrected chi connectivity index (χ0v) is 12.7. The van der Waals surface area contributed by atoms with Gasteiger partial charge in [-0.25, -0.2) is 0 Å². The quantitative estimate of drug-likeness (QED) is 0.811. The lowest BCUT2D eigenvalue weighted by atomic mass is 9.80. The van der Waals surface area contributed by atoms with Gasteiger partial charge in [-0.3, -0.25) is 4.79 Å². The topological polar surface area (TPSA) is 40.5 Å². The van der Waals surface area contributed by atoms with Crippen LogP contribution in [0.4, 0.5) is 0 Å². The van der Waals surface area contributed by atoms with E-state index in [2.05, 4.69) is 11.9 Å². The minimum absolute atomic E-state index is 0.104. The lowest BCUT2D eigenvalue weighted by Gasteiger charge is -2.37. The molecule has 3 nitrogen and oxygen atoms in total. The Bertz CT molecular complexity index is 449. The first kappa shape index (κ1) is 15.2. The fourth-order valence-electron chi connectivity index (χ4n) is 3.08. The van der Waals surface area contributed by atoms with Crippen LogP contribution in [0.15, 0.2) is 30.3 Å². The summed E-state index contributed by atoms with van der Waals surface area (Å²) in [7, 11) is 2.06. The number of benzene rings is 1. The van der Waals surface area contributed by atoms with Crippen molar-refractivity contribution in [2.75, 3.05) is 20.1 Å². The Morgan fingerprint density at radius 1 is 1.30 bits per heavy atom. The van der Waals surface area contributed by atoms with Crippen LogP contribution in [0.3, 0.4) is 0 Å². The molecule has 1 aliphatic carbocycles. The summed E-state index contributed by atoms with van der Waals surface area (Å²) in [6.07, 6.45) is 1.70. The van der Waals surface area contributed by atoms with Crippen molar-refractivity contribution in [3.8, 4) is 0 Å². The number of aliphatic hydroxyl groups excluding tert-OH is 1. The van der Waals surface area contributed by atoms with Crippen LogP contribution in [0, 0.1) is 11.3 Å². The van der Waals surface area contributed by atoms with Crippen molar-refractivity contribution in [1.29, 1.82) is 0 Å². The van der Waals surface area contributed by atoms with Crippen LogP contribution in [0.25, 0.3) is 0 Å². The van der Waals surface area contributed by atoms with Crippen LogP contribution in [-0.4, -0.2) is 42.0 Å². The normalized spacial score (nSPS) is 22.6. The molecule has 3 heteroatoms. The third kappa shape index (κ3) is 3.68. The van der Waals surface area contributed by atoms with Crippen molar-refractivity contribution in [3.63, 3.8) is 0 Å². The van der Waals surface area contributed by atoms with E-state index in [4.69, 9.17) is 0 Å². The van der Waals surface area contributed by atoms with Crippen molar-refractivity contribution in [1.82, 2.24) is 4.90 Å². The Morgan fingerprint density at radius 3 is 2.45 bits per heavy atom. The molecule has 0 aliphatic heterocycles. The maximum absolute atomic E-state index is 12.6. The van der Waals surface area contributed by atoms with Gasteiger partial charge in [0, 0.05) is 24.1 Å². The highest BCUT2D eigenvalue weighted by atomic mass is 16.3. The number of carbonyl (C=O) groups excluding carboxylic acids is 1. The molecule has 0 amide bonds. The van der Waals surface area contributed by atoms with Gasteiger partial charge in [-0.2, -0.15) is 0 Å². The average Bonchev–Trinajstić information content (AvgIpc) is 2.36. The van der Waals surface area contributed by atoms with E-state index in [1.807, 2.05) is 44.2 Å². The van der Waals surface area contributed by atoms with Gasteiger partial charge >= 0.3 is 0 Å². The van der Waals surface area contributed by atoms with Gasteiger partial charge in [0.15, 0.2) is 5.78 Å². The van der Waals surface area contributed by atoms with E-state index in [-0.39, 0.29) is 11.9 Å². The highest BCUT2D eigenvalue weighted by Gasteiger charge is 2.32. The van der Waals surface area contributed by atoms with Gasteiger partial charge in [0.1, 0.15) is 0 Å². The minimum atomic E-state index is -0.390. The third-order valence-electron chi connectivity index (χ3n) is 4.10. The van der Waals surface area contributed by atoms with E-state index >= 15 is 0 Å². The number of hydrogen-bond acceptors (Lipinski definition) is 3. The molecule has 0 heterocycles. The maximum Gasteiger partial charge on any atom is 0.169 e. The van der Waals surface area contributed by atoms with Crippen LogP contribution in [0.2, 0.25) is 0 Å².